The molecule has 7 nitrogen and oxygen atoms in total. The van der Waals surface area contributed by atoms with E-state index in [0.29, 0.717) is 18.2 Å². The maximum absolute atomic E-state index is 14.6. The average molecular weight is 434 g/mol. The Morgan fingerprint density at radius 1 is 1.30 bits per heavy atom. The van der Waals surface area contributed by atoms with Crippen molar-refractivity contribution in [2.75, 3.05) is 31.8 Å². The quantitative estimate of drug-likeness (QED) is 0.724. The molecule has 0 saturated carbocycles. The number of benzene rings is 1. The van der Waals surface area contributed by atoms with Crippen molar-refractivity contribution in [2.24, 2.45) is 5.92 Å². The lowest BCUT2D eigenvalue weighted by atomic mass is 9.92. The van der Waals surface area contributed by atoms with Crippen LogP contribution >= 0.6 is 11.6 Å². The number of carbonyl (C=O) groups excluding carboxylic acids is 2. The van der Waals surface area contributed by atoms with Gasteiger partial charge >= 0.3 is 0 Å². The summed E-state index contributed by atoms with van der Waals surface area (Å²) in [4.78, 5) is 33.1. The minimum absolute atomic E-state index is 0.154. The number of amides is 2. The second kappa shape index (κ2) is 8.20. The van der Waals surface area contributed by atoms with Gasteiger partial charge in [-0.1, -0.05) is 23.7 Å². The molecule has 2 fully saturated rings. The first-order valence-corrected chi connectivity index (χ1v) is 9.90. The molecular formula is C21H21ClFN3O4. The molecule has 4 rings (SSSR count). The minimum Gasteiger partial charge on any atom is -0.495 e. The van der Waals surface area contributed by atoms with Crippen molar-refractivity contribution in [2.45, 2.75) is 19.5 Å². The van der Waals surface area contributed by atoms with Crippen molar-refractivity contribution in [3.63, 3.8) is 0 Å². The van der Waals surface area contributed by atoms with E-state index in [1.54, 1.807) is 11.0 Å². The summed E-state index contributed by atoms with van der Waals surface area (Å²) in [6, 6.07) is 5.89. The van der Waals surface area contributed by atoms with Crippen LogP contribution in [0.1, 0.15) is 11.1 Å². The molecule has 0 radical (unpaired) electrons. The van der Waals surface area contributed by atoms with E-state index in [4.69, 9.17) is 21.1 Å². The van der Waals surface area contributed by atoms with Crippen LogP contribution in [0.4, 0.5) is 10.2 Å². The summed E-state index contributed by atoms with van der Waals surface area (Å²) in [6.45, 7) is 2.59. The molecule has 0 aliphatic carbocycles. The number of ether oxygens (including phenoxy) is 2. The monoisotopic (exact) mass is 433 g/mol. The smallest absolute Gasteiger partial charge is 0.251 e. The zero-order chi connectivity index (χ0) is 21.4. The minimum atomic E-state index is -0.751. The third-order valence-corrected chi connectivity index (χ3v) is 5.87. The number of pyridine rings is 1. The third-order valence-electron chi connectivity index (χ3n) is 5.44. The van der Waals surface area contributed by atoms with Crippen LogP contribution in [0.5, 0.6) is 5.75 Å². The molecule has 1 aromatic carbocycles. The molecule has 0 N–H and O–H groups in total. The molecule has 0 spiro atoms. The number of aryl methyl sites for hydroxylation is 1. The summed E-state index contributed by atoms with van der Waals surface area (Å²) in [5, 5.41) is 0.635. The molecule has 1 aromatic heterocycles. The lowest BCUT2D eigenvalue weighted by molar-refractivity contribution is -0.155. The molecule has 2 aromatic rings. The maximum atomic E-state index is 14.6. The van der Waals surface area contributed by atoms with Gasteiger partial charge in [0.1, 0.15) is 18.3 Å². The standard InChI is InChI=1S/C21H21ClFN3O4/c1-12-5-13(3-4-16(12)22)8-25-18(27)9-26(21(28)19(25)14-10-30-11-14)20-17(23)6-15(29-2)7-24-20/h3-7,14,19H,8-11H2,1-2H3. The van der Waals surface area contributed by atoms with Crippen LogP contribution in [0.25, 0.3) is 0 Å². The zero-order valence-corrected chi connectivity index (χ0v) is 17.4. The predicted molar refractivity (Wildman–Crippen MR) is 108 cm³/mol. The van der Waals surface area contributed by atoms with E-state index in [0.717, 1.165) is 22.1 Å². The largest absolute Gasteiger partial charge is 0.495 e. The number of hydrogen-bond acceptors (Lipinski definition) is 5. The first kappa shape index (κ1) is 20.6. The van der Waals surface area contributed by atoms with Gasteiger partial charge < -0.3 is 14.4 Å². The molecule has 9 heteroatoms. The second-order valence-corrected chi connectivity index (χ2v) is 7.86. The van der Waals surface area contributed by atoms with Crippen molar-refractivity contribution in [1.29, 1.82) is 0 Å². The average Bonchev–Trinajstić information content (AvgIpc) is 2.68. The molecule has 2 saturated heterocycles. The highest BCUT2D eigenvalue weighted by molar-refractivity contribution is 6.31. The van der Waals surface area contributed by atoms with E-state index < -0.39 is 11.9 Å². The lowest BCUT2D eigenvalue weighted by Gasteiger charge is -2.45. The van der Waals surface area contributed by atoms with Gasteiger partial charge in [-0.25, -0.2) is 9.37 Å². The number of nitrogens with zero attached hydrogens (tertiary/aromatic N) is 3. The van der Waals surface area contributed by atoms with E-state index >= 15 is 0 Å². The molecule has 3 heterocycles. The number of halogens is 2. The first-order chi connectivity index (χ1) is 14.4. The molecule has 2 amide bonds. The maximum Gasteiger partial charge on any atom is 0.251 e. The van der Waals surface area contributed by atoms with E-state index in [9.17, 15) is 14.0 Å². The predicted octanol–water partition coefficient (Wildman–Crippen LogP) is 2.58. The lowest BCUT2D eigenvalue weighted by Crippen LogP contribution is -2.65. The first-order valence-electron chi connectivity index (χ1n) is 9.52. The molecule has 0 bridgehead atoms. The zero-order valence-electron chi connectivity index (χ0n) is 16.6. The fraction of sp³-hybridized carbons (Fsp3) is 0.381. The summed E-state index contributed by atoms with van der Waals surface area (Å²) in [5.41, 5.74) is 1.75. The van der Waals surface area contributed by atoms with Crippen LogP contribution in [0.15, 0.2) is 30.5 Å². The van der Waals surface area contributed by atoms with Crippen LogP contribution in [0, 0.1) is 18.7 Å². The number of carbonyl (C=O) groups is 2. The molecular weight excluding hydrogens is 413 g/mol. The Morgan fingerprint density at radius 2 is 2.07 bits per heavy atom. The Hall–Kier alpha value is -2.71. The van der Waals surface area contributed by atoms with Gasteiger partial charge in [0, 0.05) is 23.6 Å². The van der Waals surface area contributed by atoms with Gasteiger partial charge in [-0.05, 0) is 24.1 Å². The topological polar surface area (TPSA) is 72.0 Å². The van der Waals surface area contributed by atoms with Gasteiger partial charge in [0.05, 0.1) is 26.5 Å². The van der Waals surface area contributed by atoms with E-state index in [2.05, 4.69) is 4.98 Å². The highest BCUT2D eigenvalue weighted by atomic mass is 35.5. The number of aromatic nitrogens is 1. The van der Waals surface area contributed by atoms with Gasteiger partial charge in [-0.15, -0.1) is 0 Å². The van der Waals surface area contributed by atoms with Crippen LogP contribution in [0.3, 0.4) is 0 Å². The number of methoxy groups -OCH3 is 1. The highest BCUT2D eigenvalue weighted by Gasteiger charge is 2.47. The summed E-state index contributed by atoms with van der Waals surface area (Å²) >= 11 is 6.10. The Labute approximate surface area is 178 Å². The third kappa shape index (κ3) is 3.73. The second-order valence-electron chi connectivity index (χ2n) is 7.45. The number of hydrogen-bond donors (Lipinski definition) is 0. The number of anilines is 1. The Balaban J connectivity index is 1.65. The van der Waals surface area contributed by atoms with Crippen LogP contribution in [-0.2, 0) is 20.9 Å². The molecule has 2 aliphatic heterocycles. The molecule has 30 heavy (non-hydrogen) atoms. The van der Waals surface area contributed by atoms with Gasteiger partial charge in [0.2, 0.25) is 5.91 Å². The fourth-order valence-electron chi connectivity index (χ4n) is 3.74. The molecule has 158 valence electrons. The summed E-state index contributed by atoms with van der Waals surface area (Å²) in [6.07, 6.45) is 1.32. The number of piperazine rings is 1. The van der Waals surface area contributed by atoms with Crippen molar-refractivity contribution in [3.8, 4) is 5.75 Å². The summed E-state index contributed by atoms with van der Waals surface area (Å²) < 4.78 is 24.8. The van der Waals surface area contributed by atoms with Gasteiger partial charge in [0.25, 0.3) is 5.91 Å². The van der Waals surface area contributed by atoms with E-state index in [1.807, 2.05) is 19.1 Å². The SMILES string of the molecule is COc1cnc(N2CC(=O)N(Cc3ccc(Cl)c(C)c3)C(C3COC3)C2=O)c(F)c1. The molecule has 2 aliphatic rings. The Kier molecular flexibility index (Phi) is 5.62. The normalized spacial score (nSPS) is 19.8. The van der Waals surface area contributed by atoms with Crippen molar-refractivity contribution >= 4 is 29.2 Å². The van der Waals surface area contributed by atoms with Gasteiger partial charge in [-0.3, -0.25) is 14.5 Å². The summed E-state index contributed by atoms with van der Waals surface area (Å²) in [7, 11) is 1.40. The van der Waals surface area contributed by atoms with E-state index in [1.165, 1.54) is 13.3 Å². The van der Waals surface area contributed by atoms with Crippen molar-refractivity contribution in [3.05, 3.63) is 52.4 Å². The highest BCUT2D eigenvalue weighted by Crippen LogP contribution is 2.31. The van der Waals surface area contributed by atoms with Gasteiger partial charge in [0.15, 0.2) is 11.6 Å². The van der Waals surface area contributed by atoms with Gasteiger partial charge in [-0.2, -0.15) is 0 Å². The van der Waals surface area contributed by atoms with Crippen molar-refractivity contribution in [1.82, 2.24) is 9.88 Å². The number of rotatable bonds is 5. The molecule has 1 unspecified atom stereocenters. The van der Waals surface area contributed by atoms with Crippen molar-refractivity contribution < 1.29 is 23.5 Å². The molecule has 1 atom stereocenters. The van der Waals surface area contributed by atoms with Crippen LogP contribution in [0.2, 0.25) is 5.02 Å². The van der Waals surface area contributed by atoms with E-state index in [-0.39, 0.29) is 42.4 Å². The van der Waals surface area contributed by atoms with Crippen LogP contribution < -0.4 is 9.64 Å². The Morgan fingerprint density at radius 3 is 2.67 bits per heavy atom. The summed E-state index contributed by atoms with van der Waals surface area (Å²) in [5.74, 6) is -1.47. The van der Waals surface area contributed by atoms with Crippen LogP contribution in [-0.4, -0.2) is 54.6 Å². The Bertz CT molecular complexity index is 998. The fourth-order valence-corrected chi connectivity index (χ4v) is 3.85.